The van der Waals surface area contributed by atoms with Crippen molar-refractivity contribution in [2.45, 2.75) is 38.6 Å². The van der Waals surface area contributed by atoms with E-state index >= 15 is 0 Å². The fourth-order valence-corrected chi connectivity index (χ4v) is 2.95. The van der Waals surface area contributed by atoms with Gasteiger partial charge in [0.1, 0.15) is 0 Å². The molecule has 6 heteroatoms. The van der Waals surface area contributed by atoms with Crippen molar-refractivity contribution in [1.82, 2.24) is 9.03 Å². The molecule has 3 N–H and O–H groups in total. The largest absolute Gasteiger partial charge is 0.324 e. The second-order valence-corrected chi connectivity index (χ2v) is 6.53. The summed E-state index contributed by atoms with van der Waals surface area (Å²) in [5.41, 5.74) is 5.22. The molecule has 1 heterocycles. The van der Waals surface area contributed by atoms with Crippen LogP contribution in [0.25, 0.3) is 0 Å². The van der Waals surface area contributed by atoms with Crippen molar-refractivity contribution >= 4 is 10.2 Å². The molecular formula is C9H21N3O2S. The van der Waals surface area contributed by atoms with E-state index in [0.717, 1.165) is 19.3 Å². The van der Waals surface area contributed by atoms with E-state index in [9.17, 15) is 8.42 Å². The summed E-state index contributed by atoms with van der Waals surface area (Å²) in [6, 6.07) is 0. The fourth-order valence-electron chi connectivity index (χ4n) is 1.47. The molecule has 0 radical (unpaired) electrons. The van der Waals surface area contributed by atoms with Crippen LogP contribution in [0.15, 0.2) is 0 Å². The first-order valence-corrected chi connectivity index (χ1v) is 6.79. The van der Waals surface area contributed by atoms with Gasteiger partial charge in [-0.25, -0.2) is 4.72 Å². The van der Waals surface area contributed by atoms with Crippen LogP contribution in [0.2, 0.25) is 0 Å². The zero-order chi connectivity index (χ0) is 11.5. The van der Waals surface area contributed by atoms with Crippen LogP contribution < -0.4 is 10.5 Å². The smallest absolute Gasteiger partial charge is 0.279 e. The zero-order valence-electron chi connectivity index (χ0n) is 9.49. The molecule has 0 amide bonds. The average Bonchev–Trinajstić information content (AvgIpc) is 2.16. The Morgan fingerprint density at radius 3 is 2.27 bits per heavy atom. The van der Waals surface area contributed by atoms with Crippen LogP contribution in [0.5, 0.6) is 0 Å². The molecule has 0 aromatic heterocycles. The minimum atomic E-state index is -3.31. The Labute approximate surface area is 92.2 Å². The Balaban J connectivity index is 2.51. The van der Waals surface area contributed by atoms with Crippen LogP contribution in [0.1, 0.15) is 33.1 Å². The van der Waals surface area contributed by atoms with E-state index in [1.807, 2.05) is 0 Å². The normalized spacial score (nSPS) is 20.5. The highest BCUT2D eigenvalue weighted by atomic mass is 32.2. The van der Waals surface area contributed by atoms with Gasteiger partial charge in [0.25, 0.3) is 10.2 Å². The highest BCUT2D eigenvalue weighted by Gasteiger charge is 2.25. The summed E-state index contributed by atoms with van der Waals surface area (Å²) in [5.74, 6) is 0. The predicted octanol–water partition coefficient (Wildman–Crippen LogP) is 0.0440. The summed E-state index contributed by atoms with van der Waals surface area (Å²) in [7, 11) is -3.31. The minimum absolute atomic E-state index is 0.270. The highest BCUT2D eigenvalue weighted by Crippen LogP contribution is 2.11. The molecular weight excluding hydrogens is 214 g/mol. The van der Waals surface area contributed by atoms with Crippen molar-refractivity contribution in [2.24, 2.45) is 5.73 Å². The maximum atomic E-state index is 11.8. The third-order valence-electron chi connectivity index (χ3n) is 2.37. The van der Waals surface area contributed by atoms with Gasteiger partial charge >= 0.3 is 0 Å². The second-order valence-electron chi connectivity index (χ2n) is 4.77. The van der Waals surface area contributed by atoms with Gasteiger partial charge in [-0.2, -0.15) is 12.7 Å². The lowest BCUT2D eigenvalue weighted by Gasteiger charge is -2.28. The Hall–Kier alpha value is -0.170. The van der Waals surface area contributed by atoms with Crippen molar-refractivity contribution in [2.75, 3.05) is 19.6 Å². The number of nitrogens with two attached hydrogens (primary N) is 1. The standard InChI is InChI=1S/C9H21N3O2S/c1-9(2,10)8-11-15(13,14)12-6-4-3-5-7-12/h11H,3-8,10H2,1-2H3. The van der Waals surface area contributed by atoms with Crippen LogP contribution in [-0.4, -0.2) is 37.9 Å². The van der Waals surface area contributed by atoms with E-state index in [1.54, 1.807) is 13.8 Å². The first-order chi connectivity index (χ1) is 6.81. The molecule has 0 aliphatic carbocycles. The van der Waals surface area contributed by atoms with Crippen LogP contribution >= 0.6 is 0 Å². The molecule has 0 unspecified atom stereocenters. The molecule has 0 aromatic rings. The summed E-state index contributed by atoms with van der Waals surface area (Å²) >= 11 is 0. The van der Waals surface area contributed by atoms with Crippen molar-refractivity contribution in [3.63, 3.8) is 0 Å². The fraction of sp³-hybridized carbons (Fsp3) is 1.00. The quantitative estimate of drug-likeness (QED) is 0.722. The third kappa shape index (κ3) is 4.46. The number of nitrogens with zero attached hydrogens (tertiary/aromatic N) is 1. The molecule has 0 bridgehead atoms. The summed E-state index contributed by atoms with van der Waals surface area (Å²) in [6.07, 6.45) is 3.02. The molecule has 5 nitrogen and oxygen atoms in total. The van der Waals surface area contributed by atoms with E-state index in [4.69, 9.17) is 5.73 Å². The number of hydrogen-bond donors (Lipinski definition) is 2. The molecule has 90 valence electrons. The SMILES string of the molecule is CC(C)(N)CNS(=O)(=O)N1CCCCC1. The average molecular weight is 235 g/mol. The molecule has 1 saturated heterocycles. The number of piperidine rings is 1. The van der Waals surface area contributed by atoms with Crippen LogP contribution in [0, 0.1) is 0 Å². The number of rotatable bonds is 4. The van der Waals surface area contributed by atoms with Gasteiger partial charge in [-0.3, -0.25) is 0 Å². The molecule has 1 aliphatic rings. The van der Waals surface area contributed by atoms with Gasteiger partial charge in [0, 0.05) is 25.2 Å². The van der Waals surface area contributed by atoms with Gasteiger partial charge in [-0.05, 0) is 26.7 Å². The Bertz CT molecular complexity index is 289. The molecule has 0 spiro atoms. The van der Waals surface area contributed by atoms with Crippen LogP contribution in [0.3, 0.4) is 0 Å². The molecule has 0 aromatic carbocycles. The zero-order valence-corrected chi connectivity index (χ0v) is 10.3. The summed E-state index contributed by atoms with van der Waals surface area (Å²) in [5, 5.41) is 0. The Kier molecular flexibility index (Phi) is 4.11. The van der Waals surface area contributed by atoms with E-state index in [1.165, 1.54) is 4.31 Å². The van der Waals surface area contributed by atoms with Gasteiger partial charge in [0.15, 0.2) is 0 Å². The van der Waals surface area contributed by atoms with Crippen LogP contribution in [-0.2, 0) is 10.2 Å². The molecule has 1 aliphatic heterocycles. The lowest BCUT2D eigenvalue weighted by molar-refractivity contribution is 0.339. The van der Waals surface area contributed by atoms with Crippen LogP contribution in [0.4, 0.5) is 0 Å². The molecule has 0 saturated carbocycles. The topological polar surface area (TPSA) is 75.4 Å². The van der Waals surface area contributed by atoms with E-state index < -0.39 is 15.7 Å². The molecule has 0 atom stereocenters. The van der Waals surface area contributed by atoms with Crippen molar-refractivity contribution < 1.29 is 8.42 Å². The Morgan fingerprint density at radius 1 is 1.27 bits per heavy atom. The van der Waals surface area contributed by atoms with E-state index in [0.29, 0.717) is 13.1 Å². The van der Waals surface area contributed by atoms with Gasteiger partial charge in [0.2, 0.25) is 0 Å². The predicted molar refractivity (Wildman–Crippen MR) is 60.6 cm³/mol. The molecule has 1 fully saturated rings. The van der Waals surface area contributed by atoms with Gasteiger partial charge in [0.05, 0.1) is 0 Å². The lowest BCUT2D eigenvalue weighted by atomic mass is 10.1. The highest BCUT2D eigenvalue weighted by molar-refractivity contribution is 7.87. The van der Waals surface area contributed by atoms with E-state index in [2.05, 4.69) is 4.72 Å². The second kappa shape index (κ2) is 4.78. The summed E-state index contributed by atoms with van der Waals surface area (Å²) < 4.78 is 27.6. The minimum Gasteiger partial charge on any atom is -0.324 e. The first-order valence-electron chi connectivity index (χ1n) is 5.35. The molecule has 15 heavy (non-hydrogen) atoms. The maximum Gasteiger partial charge on any atom is 0.279 e. The maximum absolute atomic E-state index is 11.8. The van der Waals surface area contributed by atoms with Gasteiger partial charge in [-0.1, -0.05) is 6.42 Å². The van der Waals surface area contributed by atoms with Gasteiger partial charge in [-0.15, -0.1) is 0 Å². The van der Waals surface area contributed by atoms with Crippen molar-refractivity contribution in [3.05, 3.63) is 0 Å². The summed E-state index contributed by atoms with van der Waals surface area (Å²) in [6.45, 7) is 5.12. The molecule has 1 rings (SSSR count). The number of hydrogen-bond acceptors (Lipinski definition) is 3. The third-order valence-corrected chi connectivity index (χ3v) is 3.92. The number of nitrogens with one attached hydrogen (secondary N) is 1. The monoisotopic (exact) mass is 235 g/mol. The first kappa shape index (κ1) is 12.9. The Morgan fingerprint density at radius 2 is 1.80 bits per heavy atom. The van der Waals surface area contributed by atoms with E-state index in [-0.39, 0.29) is 6.54 Å². The van der Waals surface area contributed by atoms with Gasteiger partial charge < -0.3 is 5.73 Å². The van der Waals surface area contributed by atoms with Crippen molar-refractivity contribution in [3.8, 4) is 0 Å². The van der Waals surface area contributed by atoms with Crippen molar-refractivity contribution in [1.29, 1.82) is 0 Å². The summed E-state index contributed by atoms with van der Waals surface area (Å²) in [4.78, 5) is 0. The lowest BCUT2D eigenvalue weighted by Crippen LogP contribution is -2.50.